The fraction of sp³-hybridized carbons (Fsp3) is 0.333. The van der Waals surface area contributed by atoms with Crippen LogP contribution in [0.2, 0.25) is 0 Å². The smallest absolute Gasteiger partial charge is 0.200 e. The number of ether oxygens (including phenoxy) is 2. The van der Waals surface area contributed by atoms with Gasteiger partial charge < -0.3 is 9.47 Å². The maximum atomic E-state index is 14.9. The van der Waals surface area contributed by atoms with E-state index in [0.717, 1.165) is 12.8 Å². The molecule has 1 aliphatic carbocycles. The summed E-state index contributed by atoms with van der Waals surface area (Å²) in [6.45, 7) is 2.29. The summed E-state index contributed by atoms with van der Waals surface area (Å²) >= 11 is 0. The Bertz CT molecular complexity index is 785. The highest BCUT2D eigenvalue weighted by molar-refractivity contribution is 6.17. The number of hydrogen-bond donors (Lipinski definition) is 0. The van der Waals surface area contributed by atoms with E-state index in [-0.39, 0.29) is 11.6 Å². The topological polar surface area (TPSA) is 18.5 Å². The Morgan fingerprint density at radius 3 is 2.48 bits per heavy atom. The van der Waals surface area contributed by atoms with E-state index in [4.69, 9.17) is 17.3 Å². The Morgan fingerprint density at radius 1 is 1.09 bits per heavy atom. The van der Waals surface area contributed by atoms with Crippen molar-refractivity contribution in [3.05, 3.63) is 52.6 Å². The van der Waals surface area contributed by atoms with E-state index in [1.807, 2.05) is 0 Å². The van der Waals surface area contributed by atoms with Gasteiger partial charge in [-0.05, 0) is 53.0 Å². The zero-order valence-electron chi connectivity index (χ0n) is 12.7. The van der Waals surface area contributed by atoms with E-state index >= 15 is 0 Å². The van der Waals surface area contributed by atoms with Crippen LogP contribution in [0.5, 0.6) is 5.75 Å². The summed E-state index contributed by atoms with van der Waals surface area (Å²) in [5, 5.41) is 0. The van der Waals surface area contributed by atoms with Gasteiger partial charge in [0.1, 0.15) is 5.82 Å². The molecule has 23 heavy (non-hydrogen) atoms. The first kappa shape index (κ1) is 14.7. The van der Waals surface area contributed by atoms with Gasteiger partial charge in [-0.1, -0.05) is 18.2 Å². The lowest BCUT2D eigenvalue weighted by atomic mass is 9.78. The summed E-state index contributed by atoms with van der Waals surface area (Å²) < 4.78 is 40.3. The van der Waals surface area contributed by atoms with Crippen molar-refractivity contribution < 1.29 is 18.3 Å². The van der Waals surface area contributed by atoms with E-state index in [2.05, 4.69) is 0 Å². The van der Waals surface area contributed by atoms with Crippen molar-refractivity contribution >= 4 is 7.85 Å². The highest BCUT2D eigenvalue weighted by atomic mass is 19.1. The van der Waals surface area contributed by atoms with Crippen molar-refractivity contribution in [2.24, 2.45) is 0 Å². The van der Waals surface area contributed by atoms with Gasteiger partial charge in [0.2, 0.25) is 0 Å². The van der Waals surface area contributed by atoms with Crippen molar-refractivity contribution in [3.63, 3.8) is 0 Å². The molecule has 2 atom stereocenters. The van der Waals surface area contributed by atoms with Crippen LogP contribution in [-0.2, 0) is 4.74 Å². The number of hydrogen-bond acceptors (Lipinski definition) is 2. The first-order valence-electron chi connectivity index (χ1n) is 7.73. The van der Waals surface area contributed by atoms with E-state index in [0.29, 0.717) is 34.4 Å². The molecule has 2 nitrogen and oxygen atoms in total. The van der Waals surface area contributed by atoms with Gasteiger partial charge >= 0.3 is 0 Å². The molecule has 0 bridgehead atoms. The molecule has 2 aromatic carbocycles. The standard InChI is InChI=1S/C18H15BF2O2/c1-9-4-5-10-11-6-7-12(23-13-3-2-8-22-13)18(21)15(11)16(19)14(10)17(9)20/h4-7,13,16H,2-3,8H2,1H3. The van der Waals surface area contributed by atoms with E-state index in [1.54, 1.807) is 31.2 Å². The van der Waals surface area contributed by atoms with Crippen LogP contribution in [0, 0.1) is 18.6 Å². The third kappa shape index (κ3) is 2.18. The lowest BCUT2D eigenvalue weighted by Gasteiger charge is -2.16. The molecule has 2 radical (unpaired) electrons. The van der Waals surface area contributed by atoms with Crippen LogP contribution in [0.25, 0.3) is 11.1 Å². The van der Waals surface area contributed by atoms with Crippen LogP contribution in [-0.4, -0.2) is 20.7 Å². The average Bonchev–Trinajstić information content (AvgIpc) is 3.13. The average molecular weight is 312 g/mol. The van der Waals surface area contributed by atoms with E-state index in [1.165, 1.54) is 0 Å². The predicted molar refractivity (Wildman–Crippen MR) is 83.7 cm³/mol. The molecule has 0 amide bonds. The molecule has 1 fully saturated rings. The highest BCUT2D eigenvalue weighted by Gasteiger charge is 2.33. The Kier molecular flexibility index (Phi) is 3.41. The van der Waals surface area contributed by atoms with Gasteiger partial charge in [0.25, 0.3) is 0 Å². The normalized spacial score (nSPS) is 22.0. The minimum Gasteiger partial charge on any atom is -0.462 e. The Labute approximate surface area is 134 Å². The Hall–Kier alpha value is -1.88. The van der Waals surface area contributed by atoms with E-state index < -0.39 is 17.9 Å². The number of rotatable bonds is 2. The van der Waals surface area contributed by atoms with Crippen LogP contribution in [0.1, 0.15) is 35.3 Å². The third-order valence-corrected chi connectivity index (χ3v) is 4.58. The second kappa shape index (κ2) is 5.34. The number of aryl methyl sites for hydroxylation is 1. The molecule has 2 aromatic rings. The van der Waals surface area contributed by atoms with Crippen LogP contribution < -0.4 is 4.74 Å². The van der Waals surface area contributed by atoms with Crippen LogP contribution >= 0.6 is 0 Å². The molecule has 116 valence electrons. The molecule has 2 unspecified atom stereocenters. The molecule has 1 aliphatic heterocycles. The van der Waals surface area contributed by atoms with Gasteiger partial charge in [0, 0.05) is 6.42 Å². The second-order valence-corrected chi connectivity index (χ2v) is 6.03. The maximum Gasteiger partial charge on any atom is 0.200 e. The fourth-order valence-electron chi connectivity index (χ4n) is 3.37. The minimum atomic E-state index is -0.826. The minimum absolute atomic E-state index is 0.107. The molecule has 0 spiro atoms. The maximum absolute atomic E-state index is 14.9. The van der Waals surface area contributed by atoms with E-state index in [9.17, 15) is 8.78 Å². The quantitative estimate of drug-likeness (QED) is 0.780. The van der Waals surface area contributed by atoms with Gasteiger partial charge in [-0.2, -0.15) is 0 Å². The van der Waals surface area contributed by atoms with Crippen molar-refractivity contribution in [3.8, 4) is 16.9 Å². The highest BCUT2D eigenvalue weighted by Crippen LogP contribution is 2.48. The summed E-state index contributed by atoms with van der Waals surface area (Å²) in [5.74, 6) is -1.62. The molecule has 0 aromatic heterocycles. The zero-order valence-corrected chi connectivity index (χ0v) is 12.7. The van der Waals surface area contributed by atoms with Gasteiger partial charge in [-0.25, -0.2) is 8.78 Å². The Balaban J connectivity index is 1.79. The second-order valence-electron chi connectivity index (χ2n) is 6.03. The van der Waals surface area contributed by atoms with Crippen LogP contribution in [0.3, 0.4) is 0 Å². The first-order valence-corrected chi connectivity index (χ1v) is 7.73. The number of halogens is 2. The van der Waals surface area contributed by atoms with Crippen LogP contribution in [0.15, 0.2) is 24.3 Å². The molecule has 0 N–H and O–H groups in total. The molecule has 1 saturated heterocycles. The predicted octanol–water partition coefficient (Wildman–Crippen LogP) is 4.03. The first-order chi connectivity index (χ1) is 11.1. The van der Waals surface area contributed by atoms with Crippen molar-refractivity contribution in [1.29, 1.82) is 0 Å². The monoisotopic (exact) mass is 312 g/mol. The molecule has 1 heterocycles. The SMILES string of the molecule is [B]C1c2c(ccc(C)c2F)-c2ccc(OC3CCCO3)c(F)c21. The molecule has 2 aliphatic rings. The fourth-order valence-corrected chi connectivity index (χ4v) is 3.37. The third-order valence-electron chi connectivity index (χ3n) is 4.58. The molecule has 0 saturated carbocycles. The molecular weight excluding hydrogens is 297 g/mol. The lowest BCUT2D eigenvalue weighted by Crippen LogP contribution is -2.15. The summed E-state index contributed by atoms with van der Waals surface area (Å²) in [4.78, 5) is 0. The molecule has 5 heteroatoms. The molecular formula is C18H15BF2O2. The number of benzene rings is 2. The van der Waals surface area contributed by atoms with Gasteiger partial charge in [0.05, 0.1) is 14.5 Å². The van der Waals surface area contributed by atoms with Crippen molar-refractivity contribution in [2.45, 2.75) is 31.9 Å². The summed E-state index contributed by atoms with van der Waals surface area (Å²) in [6.07, 6.45) is 1.20. The summed E-state index contributed by atoms with van der Waals surface area (Å²) in [6, 6.07) is 6.78. The van der Waals surface area contributed by atoms with Gasteiger partial charge in [0.15, 0.2) is 17.9 Å². The summed E-state index contributed by atoms with van der Waals surface area (Å²) in [7, 11) is 6.14. The summed E-state index contributed by atoms with van der Waals surface area (Å²) in [5.41, 5.74) is 2.43. The lowest BCUT2D eigenvalue weighted by molar-refractivity contribution is -0.0411. The Morgan fingerprint density at radius 2 is 1.78 bits per heavy atom. The van der Waals surface area contributed by atoms with Gasteiger partial charge in [-0.3, -0.25) is 0 Å². The van der Waals surface area contributed by atoms with Crippen molar-refractivity contribution in [2.75, 3.05) is 6.61 Å². The molecule has 4 rings (SSSR count). The zero-order chi connectivity index (χ0) is 16.1. The van der Waals surface area contributed by atoms with Gasteiger partial charge in [-0.15, -0.1) is 0 Å². The van der Waals surface area contributed by atoms with Crippen molar-refractivity contribution in [1.82, 2.24) is 0 Å². The van der Waals surface area contributed by atoms with Crippen LogP contribution in [0.4, 0.5) is 8.78 Å². The largest absolute Gasteiger partial charge is 0.462 e. The number of fused-ring (bicyclic) bond motifs is 3.